The van der Waals surface area contributed by atoms with Crippen molar-refractivity contribution >= 4 is 0 Å². The van der Waals surface area contributed by atoms with Gasteiger partial charge in [-0.05, 0) is 32.2 Å². The van der Waals surface area contributed by atoms with Crippen molar-refractivity contribution in [2.45, 2.75) is 50.6 Å². The van der Waals surface area contributed by atoms with E-state index in [-0.39, 0.29) is 0 Å². The number of likely N-dealkylation sites (tertiary alicyclic amines) is 1. The van der Waals surface area contributed by atoms with E-state index in [0.717, 1.165) is 17.6 Å². The van der Waals surface area contributed by atoms with Crippen molar-refractivity contribution in [3.63, 3.8) is 0 Å². The second-order valence-electron chi connectivity index (χ2n) is 6.11. The standard InChI is InChI=1S/C16H21N5/c1-2-5-13(4-1)21-8-3-6-15(21)14-10-18-11-16(19-14)20-9-7-17-12-20/h7,9-13,15H,1-6,8H2/t15-/m0/s1. The Morgan fingerprint density at radius 1 is 1.00 bits per heavy atom. The SMILES string of the molecule is c1cn(-c2cncc([C@@H]3CCCN3C3CCCC3)n2)cn1. The highest BCUT2D eigenvalue weighted by Gasteiger charge is 2.34. The zero-order valence-corrected chi connectivity index (χ0v) is 12.2. The van der Waals surface area contributed by atoms with Gasteiger partial charge in [-0.15, -0.1) is 0 Å². The van der Waals surface area contributed by atoms with Crippen LogP contribution in [0, 0.1) is 0 Å². The molecule has 1 saturated heterocycles. The minimum absolute atomic E-state index is 0.448. The van der Waals surface area contributed by atoms with Gasteiger partial charge in [0.25, 0.3) is 0 Å². The molecule has 21 heavy (non-hydrogen) atoms. The number of rotatable bonds is 3. The van der Waals surface area contributed by atoms with Gasteiger partial charge in [0.15, 0.2) is 5.82 Å². The average Bonchev–Trinajstić information content (AvgIpc) is 3.26. The van der Waals surface area contributed by atoms with E-state index in [1.165, 1.54) is 45.1 Å². The third kappa shape index (κ3) is 2.46. The predicted octanol–water partition coefficient (Wildman–Crippen LogP) is 2.74. The summed E-state index contributed by atoms with van der Waals surface area (Å²) in [5.41, 5.74) is 1.12. The molecule has 2 aromatic heterocycles. The van der Waals surface area contributed by atoms with Crippen LogP contribution in [-0.2, 0) is 0 Å². The number of imidazole rings is 1. The van der Waals surface area contributed by atoms with Crippen molar-refractivity contribution in [2.24, 2.45) is 0 Å². The zero-order valence-electron chi connectivity index (χ0n) is 12.2. The van der Waals surface area contributed by atoms with E-state index in [1.807, 2.05) is 17.0 Å². The summed E-state index contributed by atoms with van der Waals surface area (Å²) < 4.78 is 1.92. The van der Waals surface area contributed by atoms with Gasteiger partial charge in [0, 0.05) is 18.4 Å². The maximum absolute atomic E-state index is 4.84. The molecule has 0 unspecified atom stereocenters. The molecular weight excluding hydrogens is 262 g/mol. The first-order valence-corrected chi connectivity index (χ1v) is 7.98. The Labute approximate surface area is 125 Å². The molecule has 0 aromatic carbocycles. The minimum Gasteiger partial charge on any atom is -0.292 e. The molecule has 5 nitrogen and oxygen atoms in total. The maximum Gasteiger partial charge on any atom is 0.156 e. The fraction of sp³-hybridized carbons (Fsp3) is 0.562. The van der Waals surface area contributed by atoms with Crippen molar-refractivity contribution in [3.05, 3.63) is 36.8 Å². The molecule has 1 saturated carbocycles. The van der Waals surface area contributed by atoms with Gasteiger partial charge in [0.2, 0.25) is 0 Å². The third-order valence-electron chi connectivity index (χ3n) is 4.84. The first-order valence-electron chi connectivity index (χ1n) is 7.98. The molecular formula is C16H21N5. The second kappa shape index (κ2) is 5.56. The lowest BCUT2D eigenvalue weighted by molar-refractivity contribution is 0.179. The van der Waals surface area contributed by atoms with Gasteiger partial charge in [-0.3, -0.25) is 14.5 Å². The van der Waals surface area contributed by atoms with Gasteiger partial charge in [-0.1, -0.05) is 12.8 Å². The molecule has 4 rings (SSSR count). The summed E-state index contributed by atoms with van der Waals surface area (Å²) in [5, 5.41) is 0. The van der Waals surface area contributed by atoms with Crippen LogP contribution in [0.5, 0.6) is 0 Å². The Morgan fingerprint density at radius 3 is 2.71 bits per heavy atom. The molecule has 2 aliphatic rings. The molecule has 2 fully saturated rings. The predicted molar refractivity (Wildman–Crippen MR) is 80.1 cm³/mol. The van der Waals surface area contributed by atoms with Crippen LogP contribution in [0.2, 0.25) is 0 Å². The number of hydrogen-bond acceptors (Lipinski definition) is 4. The lowest BCUT2D eigenvalue weighted by atomic mass is 10.1. The summed E-state index contributed by atoms with van der Waals surface area (Å²) in [6.07, 6.45) is 17.2. The van der Waals surface area contributed by atoms with Crippen molar-refractivity contribution in [1.29, 1.82) is 0 Å². The lowest BCUT2D eigenvalue weighted by Gasteiger charge is -2.30. The molecule has 0 spiro atoms. The van der Waals surface area contributed by atoms with Crippen molar-refractivity contribution in [1.82, 2.24) is 24.4 Å². The van der Waals surface area contributed by atoms with Crippen LogP contribution in [0.3, 0.4) is 0 Å². The Hall–Kier alpha value is -1.75. The summed E-state index contributed by atoms with van der Waals surface area (Å²) >= 11 is 0. The quantitative estimate of drug-likeness (QED) is 0.869. The highest BCUT2D eigenvalue weighted by atomic mass is 15.2. The van der Waals surface area contributed by atoms with Gasteiger partial charge in [0.05, 0.1) is 24.1 Å². The van der Waals surface area contributed by atoms with E-state index in [0.29, 0.717) is 6.04 Å². The Morgan fingerprint density at radius 2 is 1.90 bits per heavy atom. The molecule has 3 heterocycles. The Kier molecular flexibility index (Phi) is 3.43. The smallest absolute Gasteiger partial charge is 0.156 e. The van der Waals surface area contributed by atoms with Gasteiger partial charge in [0.1, 0.15) is 6.33 Å². The number of nitrogens with zero attached hydrogens (tertiary/aromatic N) is 5. The molecule has 0 radical (unpaired) electrons. The topological polar surface area (TPSA) is 46.8 Å². The van der Waals surface area contributed by atoms with Gasteiger partial charge < -0.3 is 0 Å². The number of hydrogen-bond donors (Lipinski definition) is 0. The summed E-state index contributed by atoms with van der Waals surface area (Å²) in [6, 6.07) is 1.21. The molecule has 0 N–H and O–H groups in total. The normalized spacial score (nSPS) is 23.9. The molecule has 5 heteroatoms. The van der Waals surface area contributed by atoms with Crippen LogP contribution in [0.15, 0.2) is 31.1 Å². The summed E-state index contributed by atoms with van der Waals surface area (Å²) in [7, 11) is 0. The van der Waals surface area contributed by atoms with Crippen LogP contribution in [0.4, 0.5) is 0 Å². The summed E-state index contributed by atoms with van der Waals surface area (Å²) in [5.74, 6) is 0.864. The first-order chi connectivity index (χ1) is 10.4. The molecule has 1 aliphatic carbocycles. The number of aromatic nitrogens is 4. The van der Waals surface area contributed by atoms with E-state index >= 15 is 0 Å². The fourth-order valence-corrected chi connectivity index (χ4v) is 3.83. The lowest BCUT2D eigenvalue weighted by Crippen LogP contribution is -2.33. The molecule has 110 valence electrons. The van der Waals surface area contributed by atoms with E-state index in [9.17, 15) is 0 Å². The van der Waals surface area contributed by atoms with Crippen LogP contribution in [-0.4, -0.2) is 37.0 Å². The third-order valence-corrected chi connectivity index (χ3v) is 4.84. The van der Waals surface area contributed by atoms with E-state index < -0.39 is 0 Å². The summed E-state index contributed by atoms with van der Waals surface area (Å²) in [4.78, 5) is 16.0. The highest BCUT2D eigenvalue weighted by Crippen LogP contribution is 2.37. The van der Waals surface area contributed by atoms with Crippen molar-refractivity contribution in [3.8, 4) is 5.82 Å². The van der Waals surface area contributed by atoms with Gasteiger partial charge >= 0.3 is 0 Å². The molecule has 2 aromatic rings. The molecule has 1 aliphatic heterocycles. The Balaban J connectivity index is 1.61. The molecule has 0 amide bonds. The van der Waals surface area contributed by atoms with Crippen molar-refractivity contribution in [2.75, 3.05) is 6.54 Å². The zero-order chi connectivity index (χ0) is 14.1. The summed E-state index contributed by atoms with van der Waals surface area (Å²) in [6.45, 7) is 1.21. The van der Waals surface area contributed by atoms with Gasteiger partial charge in [-0.2, -0.15) is 0 Å². The van der Waals surface area contributed by atoms with Crippen LogP contribution < -0.4 is 0 Å². The minimum atomic E-state index is 0.448. The second-order valence-corrected chi connectivity index (χ2v) is 6.11. The van der Waals surface area contributed by atoms with Crippen LogP contribution >= 0.6 is 0 Å². The fourth-order valence-electron chi connectivity index (χ4n) is 3.83. The monoisotopic (exact) mass is 283 g/mol. The molecule has 0 bridgehead atoms. The van der Waals surface area contributed by atoms with Crippen LogP contribution in [0.1, 0.15) is 50.3 Å². The van der Waals surface area contributed by atoms with Gasteiger partial charge in [-0.25, -0.2) is 9.97 Å². The molecule has 1 atom stereocenters. The highest BCUT2D eigenvalue weighted by molar-refractivity contribution is 5.21. The van der Waals surface area contributed by atoms with Crippen molar-refractivity contribution < 1.29 is 0 Å². The van der Waals surface area contributed by atoms with E-state index in [2.05, 4.69) is 14.9 Å². The van der Waals surface area contributed by atoms with E-state index in [1.54, 1.807) is 18.7 Å². The maximum atomic E-state index is 4.84. The van der Waals surface area contributed by atoms with E-state index in [4.69, 9.17) is 4.98 Å². The first kappa shape index (κ1) is 13.0. The average molecular weight is 283 g/mol. The largest absolute Gasteiger partial charge is 0.292 e. The van der Waals surface area contributed by atoms with Crippen LogP contribution in [0.25, 0.3) is 5.82 Å². The Bertz CT molecular complexity index is 588.